The van der Waals surface area contributed by atoms with Crippen LogP contribution in [0.3, 0.4) is 0 Å². The van der Waals surface area contributed by atoms with Gasteiger partial charge in [0.25, 0.3) is 11.6 Å². The molecule has 1 rings (SSSR count). The third-order valence-electron chi connectivity index (χ3n) is 2.81. The van der Waals surface area contributed by atoms with Crippen molar-refractivity contribution in [1.29, 1.82) is 0 Å². The molecule has 1 atom stereocenters. The molecule has 1 amide bonds. The summed E-state index contributed by atoms with van der Waals surface area (Å²) < 4.78 is 0. The molecule has 0 saturated carbocycles. The van der Waals surface area contributed by atoms with Crippen LogP contribution < -0.4 is 5.32 Å². The topological polar surface area (TPSA) is 72.2 Å². The zero-order valence-electron chi connectivity index (χ0n) is 11.0. The number of nitrogens with zero attached hydrogens (tertiary/aromatic N) is 1. The van der Waals surface area contributed by atoms with Gasteiger partial charge in [-0.2, -0.15) is 0 Å². The van der Waals surface area contributed by atoms with E-state index >= 15 is 0 Å². The third kappa shape index (κ3) is 4.52. The van der Waals surface area contributed by atoms with Crippen LogP contribution in [0.5, 0.6) is 0 Å². The first-order chi connectivity index (χ1) is 8.95. The van der Waals surface area contributed by atoms with Crippen LogP contribution in [0.2, 0.25) is 0 Å². The minimum atomic E-state index is -0.545. The summed E-state index contributed by atoms with van der Waals surface area (Å²) in [5, 5.41) is 13.6. The van der Waals surface area contributed by atoms with Crippen molar-refractivity contribution in [3.8, 4) is 0 Å². The lowest BCUT2D eigenvalue weighted by Crippen LogP contribution is -2.29. The Morgan fingerprint density at radius 1 is 1.53 bits per heavy atom. The summed E-state index contributed by atoms with van der Waals surface area (Å²) in [5.41, 5.74) is 0.737. The fraction of sp³-hybridized carbons (Fsp3) is 0.462. The van der Waals surface area contributed by atoms with E-state index in [-0.39, 0.29) is 17.2 Å². The molecule has 5 nitrogen and oxygen atoms in total. The van der Waals surface area contributed by atoms with Crippen molar-refractivity contribution in [2.45, 2.75) is 20.3 Å². The van der Waals surface area contributed by atoms with E-state index in [9.17, 15) is 14.9 Å². The highest BCUT2D eigenvalue weighted by Crippen LogP contribution is 2.19. The van der Waals surface area contributed by atoms with Gasteiger partial charge in [-0.25, -0.2) is 0 Å². The Morgan fingerprint density at radius 3 is 2.79 bits per heavy atom. The van der Waals surface area contributed by atoms with E-state index in [1.54, 1.807) is 13.0 Å². The Hall–Kier alpha value is -1.62. The quantitative estimate of drug-likeness (QED) is 0.496. The second kappa shape index (κ2) is 7.09. The second-order valence-corrected chi connectivity index (χ2v) is 4.95. The maximum absolute atomic E-state index is 12.0. The molecular formula is C13H17ClN2O3. The van der Waals surface area contributed by atoms with Gasteiger partial charge in [-0.05, 0) is 30.9 Å². The smallest absolute Gasteiger partial charge is 0.282 e. The molecule has 0 radical (unpaired) electrons. The molecule has 19 heavy (non-hydrogen) atoms. The number of carbonyl (C=O) groups excluding carboxylic acids is 1. The van der Waals surface area contributed by atoms with Gasteiger partial charge >= 0.3 is 0 Å². The average Bonchev–Trinajstić information content (AvgIpc) is 2.35. The first-order valence-electron chi connectivity index (χ1n) is 6.05. The third-order valence-corrected chi connectivity index (χ3v) is 3.02. The monoisotopic (exact) mass is 284 g/mol. The zero-order valence-corrected chi connectivity index (χ0v) is 11.7. The number of nitrogens with one attached hydrogen (secondary N) is 1. The van der Waals surface area contributed by atoms with E-state index in [4.69, 9.17) is 11.6 Å². The van der Waals surface area contributed by atoms with Crippen LogP contribution in [-0.4, -0.2) is 23.3 Å². The van der Waals surface area contributed by atoms with E-state index in [2.05, 4.69) is 5.32 Å². The summed E-state index contributed by atoms with van der Waals surface area (Å²) in [6.07, 6.45) is 0.789. The second-order valence-electron chi connectivity index (χ2n) is 4.57. The molecule has 0 saturated heterocycles. The molecule has 0 heterocycles. The Bertz CT molecular complexity index is 477. The lowest BCUT2D eigenvalue weighted by Gasteiger charge is -2.11. The number of amides is 1. The summed E-state index contributed by atoms with van der Waals surface area (Å²) in [5.74, 6) is 0.351. The lowest BCUT2D eigenvalue weighted by molar-refractivity contribution is -0.385. The highest BCUT2D eigenvalue weighted by Gasteiger charge is 2.20. The molecule has 0 aliphatic rings. The van der Waals surface area contributed by atoms with Gasteiger partial charge in [0.1, 0.15) is 5.56 Å². The maximum atomic E-state index is 12.0. The van der Waals surface area contributed by atoms with E-state index in [1.165, 1.54) is 12.1 Å². The molecule has 1 aromatic carbocycles. The van der Waals surface area contributed by atoms with Crippen molar-refractivity contribution in [1.82, 2.24) is 5.32 Å². The molecule has 0 aliphatic carbocycles. The number of aryl methyl sites for hydroxylation is 1. The standard InChI is InChI=1S/C13H17ClN2O3/c1-9-3-4-12(16(18)19)11(7-9)13(17)15-8-10(2)5-6-14/h3-4,7,10H,5-6,8H2,1-2H3,(H,15,17). The minimum absolute atomic E-state index is 0.100. The summed E-state index contributed by atoms with van der Waals surface area (Å²) in [6, 6.07) is 4.50. The molecule has 0 aromatic heterocycles. The number of rotatable bonds is 6. The van der Waals surface area contributed by atoms with E-state index in [1.807, 2.05) is 6.92 Å². The maximum Gasteiger partial charge on any atom is 0.282 e. The van der Waals surface area contributed by atoms with Crippen LogP contribution in [0.4, 0.5) is 5.69 Å². The number of halogens is 1. The lowest BCUT2D eigenvalue weighted by atomic mass is 10.1. The number of hydrogen-bond acceptors (Lipinski definition) is 3. The van der Waals surface area contributed by atoms with Gasteiger partial charge < -0.3 is 5.32 Å². The molecule has 1 aromatic rings. The summed E-state index contributed by atoms with van der Waals surface area (Å²) in [7, 11) is 0. The Morgan fingerprint density at radius 2 is 2.21 bits per heavy atom. The molecule has 0 fully saturated rings. The van der Waals surface area contributed by atoms with Crippen LogP contribution in [0.15, 0.2) is 18.2 Å². The molecule has 1 N–H and O–H groups in total. The molecule has 0 spiro atoms. The number of nitro groups is 1. The van der Waals surface area contributed by atoms with Gasteiger partial charge in [-0.15, -0.1) is 11.6 Å². The normalized spacial score (nSPS) is 11.9. The molecule has 0 aliphatic heterocycles. The van der Waals surface area contributed by atoms with Crippen molar-refractivity contribution in [2.75, 3.05) is 12.4 Å². The number of benzene rings is 1. The van der Waals surface area contributed by atoms with E-state index in [0.29, 0.717) is 12.4 Å². The van der Waals surface area contributed by atoms with Gasteiger partial charge in [0.05, 0.1) is 4.92 Å². The van der Waals surface area contributed by atoms with Crippen LogP contribution >= 0.6 is 11.6 Å². The summed E-state index contributed by atoms with van der Waals surface area (Å²) in [6.45, 7) is 4.21. The van der Waals surface area contributed by atoms with E-state index in [0.717, 1.165) is 12.0 Å². The highest BCUT2D eigenvalue weighted by molar-refractivity contribution is 6.17. The summed E-state index contributed by atoms with van der Waals surface area (Å²) >= 11 is 5.61. The van der Waals surface area contributed by atoms with Crippen molar-refractivity contribution in [3.63, 3.8) is 0 Å². The minimum Gasteiger partial charge on any atom is -0.352 e. The number of carbonyl (C=O) groups is 1. The van der Waals surface area contributed by atoms with Crippen LogP contribution in [-0.2, 0) is 0 Å². The molecule has 6 heteroatoms. The fourth-order valence-electron chi connectivity index (χ4n) is 1.64. The zero-order chi connectivity index (χ0) is 14.4. The van der Waals surface area contributed by atoms with Gasteiger partial charge in [0.2, 0.25) is 0 Å². The Kier molecular flexibility index (Phi) is 5.76. The number of alkyl halides is 1. The van der Waals surface area contributed by atoms with Crippen LogP contribution in [0.25, 0.3) is 0 Å². The molecule has 104 valence electrons. The average molecular weight is 285 g/mol. The predicted molar refractivity (Wildman–Crippen MR) is 74.7 cm³/mol. The number of hydrogen-bond donors (Lipinski definition) is 1. The van der Waals surface area contributed by atoms with Crippen molar-refractivity contribution in [2.24, 2.45) is 5.92 Å². The molecular weight excluding hydrogens is 268 g/mol. The SMILES string of the molecule is Cc1ccc([N+](=O)[O-])c(C(=O)NCC(C)CCCl)c1. The van der Waals surface area contributed by atoms with Crippen molar-refractivity contribution >= 4 is 23.2 Å². The van der Waals surface area contributed by atoms with Crippen LogP contribution in [0.1, 0.15) is 29.3 Å². The largest absolute Gasteiger partial charge is 0.352 e. The van der Waals surface area contributed by atoms with Crippen molar-refractivity contribution in [3.05, 3.63) is 39.4 Å². The van der Waals surface area contributed by atoms with Gasteiger partial charge in [0.15, 0.2) is 0 Å². The molecule has 1 unspecified atom stereocenters. The first kappa shape index (κ1) is 15.4. The van der Waals surface area contributed by atoms with Crippen molar-refractivity contribution < 1.29 is 9.72 Å². The van der Waals surface area contributed by atoms with Gasteiger partial charge in [-0.1, -0.05) is 13.0 Å². The molecule has 0 bridgehead atoms. The Balaban J connectivity index is 2.81. The fourth-order valence-corrected chi connectivity index (χ4v) is 2.01. The Labute approximate surface area is 117 Å². The first-order valence-corrected chi connectivity index (χ1v) is 6.58. The van der Waals surface area contributed by atoms with Gasteiger partial charge in [-0.3, -0.25) is 14.9 Å². The predicted octanol–water partition coefficient (Wildman–Crippen LogP) is 2.90. The van der Waals surface area contributed by atoms with E-state index < -0.39 is 10.8 Å². The van der Waals surface area contributed by atoms with Crippen LogP contribution in [0, 0.1) is 23.0 Å². The number of nitro benzene ring substituents is 1. The van der Waals surface area contributed by atoms with Gasteiger partial charge in [0, 0.05) is 18.5 Å². The summed E-state index contributed by atoms with van der Waals surface area (Å²) in [4.78, 5) is 22.3. The highest BCUT2D eigenvalue weighted by atomic mass is 35.5.